The van der Waals surface area contributed by atoms with Gasteiger partial charge in [0, 0.05) is 19.6 Å². The first kappa shape index (κ1) is 20.5. The van der Waals surface area contributed by atoms with Crippen molar-refractivity contribution in [2.24, 2.45) is 0 Å². The Morgan fingerprint density at radius 2 is 1.79 bits per heavy atom. The molecule has 5 heteroatoms. The fourth-order valence-corrected chi connectivity index (χ4v) is 3.24. The van der Waals surface area contributed by atoms with E-state index in [1.807, 2.05) is 30.3 Å². The molecule has 1 fully saturated rings. The van der Waals surface area contributed by atoms with Gasteiger partial charge in [0.1, 0.15) is 6.10 Å². The van der Waals surface area contributed by atoms with E-state index in [1.165, 1.54) is 5.56 Å². The summed E-state index contributed by atoms with van der Waals surface area (Å²) in [5.41, 5.74) is 3.38. The number of carbonyl (C=O) groups excluding carboxylic acids is 1. The first-order valence-corrected chi connectivity index (χ1v) is 9.94. The van der Waals surface area contributed by atoms with Crippen molar-refractivity contribution in [2.45, 2.75) is 32.6 Å². The molecule has 1 heterocycles. The minimum atomic E-state index is -0.516. The highest BCUT2D eigenvalue weighted by Crippen LogP contribution is 2.17. The molecule has 1 N–H and O–H groups in total. The van der Waals surface area contributed by atoms with Gasteiger partial charge in [0.2, 0.25) is 5.91 Å². The number of carbonyl (C=O) groups is 1. The largest absolute Gasteiger partial charge is 0.379 e. The van der Waals surface area contributed by atoms with Crippen molar-refractivity contribution >= 4 is 5.91 Å². The molecule has 0 aromatic heterocycles. The molecule has 1 amide bonds. The number of benzene rings is 2. The highest BCUT2D eigenvalue weighted by atomic mass is 16.5. The Morgan fingerprint density at radius 3 is 2.46 bits per heavy atom. The molecule has 28 heavy (non-hydrogen) atoms. The molecular weight excluding hydrogens is 352 g/mol. The SMILES string of the molecule is Cc1ccc([C@H](CN2CCOCC2)NC(=O)[C@@H](C)OCc2ccccc2)cc1. The molecule has 2 aromatic rings. The fourth-order valence-electron chi connectivity index (χ4n) is 3.24. The first-order valence-electron chi connectivity index (χ1n) is 9.94. The lowest BCUT2D eigenvalue weighted by atomic mass is 10.0. The van der Waals surface area contributed by atoms with Crippen LogP contribution in [0.4, 0.5) is 0 Å². The van der Waals surface area contributed by atoms with Crippen molar-refractivity contribution in [3.63, 3.8) is 0 Å². The summed E-state index contributed by atoms with van der Waals surface area (Å²) in [6.45, 7) is 8.32. The average Bonchev–Trinajstić information content (AvgIpc) is 2.73. The standard InChI is InChI=1S/C23H30N2O3/c1-18-8-10-21(11-9-18)22(16-25-12-14-27-15-13-25)24-23(26)19(2)28-17-20-6-4-3-5-7-20/h3-11,19,22H,12-17H2,1-2H3,(H,24,26)/t19-,22+/m1/s1. The quantitative estimate of drug-likeness (QED) is 0.762. The lowest BCUT2D eigenvalue weighted by Crippen LogP contribution is -2.45. The monoisotopic (exact) mass is 382 g/mol. The van der Waals surface area contributed by atoms with Gasteiger partial charge in [-0.1, -0.05) is 60.2 Å². The van der Waals surface area contributed by atoms with E-state index in [1.54, 1.807) is 6.92 Å². The highest BCUT2D eigenvalue weighted by molar-refractivity contribution is 5.80. The van der Waals surface area contributed by atoms with Gasteiger partial charge in [-0.15, -0.1) is 0 Å². The molecular formula is C23H30N2O3. The molecule has 0 aliphatic carbocycles. The molecule has 0 saturated carbocycles. The number of hydrogen-bond acceptors (Lipinski definition) is 4. The lowest BCUT2D eigenvalue weighted by Gasteiger charge is -2.31. The van der Waals surface area contributed by atoms with Gasteiger partial charge in [-0.3, -0.25) is 9.69 Å². The van der Waals surface area contributed by atoms with E-state index in [-0.39, 0.29) is 11.9 Å². The summed E-state index contributed by atoms with van der Waals surface area (Å²) < 4.78 is 11.2. The van der Waals surface area contributed by atoms with Crippen LogP contribution in [0.2, 0.25) is 0 Å². The zero-order chi connectivity index (χ0) is 19.8. The number of aryl methyl sites for hydroxylation is 1. The number of morpholine rings is 1. The Bertz CT molecular complexity index is 727. The minimum absolute atomic E-state index is 0.0750. The number of hydrogen-bond donors (Lipinski definition) is 1. The van der Waals surface area contributed by atoms with Crippen molar-refractivity contribution in [3.05, 3.63) is 71.3 Å². The third-order valence-corrected chi connectivity index (χ3v) is 5.05. The molecule has 3 rings (SSSR count). The zero-order valence-corrected chi connectivity index (χ0v) is 16.8. The second kappa shape index (κ2) is 10.4. The van der Waals surface area contributed by atoms with Crippen LogP contribution in [-0.4, -0.2) is 49.8 Å². The van der Waals surface area contributed by atoms with Crippen LogP contribution in [0, 0.1) is 6.92 Å². The molecule has 1 aliphatic heterocycles. The molecule has 0 bridgehead atoms. The minimum Gasteiger partial charge on any atom is -0.379 e. The molecule has 2 atom stereocenters. The summed E-state index contributed by atoms with van der Waals surface area (Å²) in [7, 11) is 0. The summed E-state index contributed by atoms with van der Waals surface area (Å²) in [6.07, 6.45) is -0.516. The van der Waals surface area contributed by atoms with Crippen LogP contribution < -0.4 is 5.32 Å². The van der Waals surface area contributed by atoms with Gasteiger partial charge < -0.3 is 14.8 Å². The van der Waals surface area contributed by atoms with E-state index in [4.69, 9.17) is 9.47 Å². The Morgan fingerprint density at radius 1 is 1.11 bits per heavy atom. The van der Waals surface area contributed by atoms with Crippen molar-refractivity contribution < 1.29 is 14.3 Å². The lowest BCUT2D eigenvalue weighted by molar-refractivity contribution is -0.133. The summed E-state index contributed by atoms with van der Waals surface area (Å²) in [6, 6.07) is 18.2. The van der Waals surface area contributed by atoms with Gasteiger partial charge in [-0.25, -0.2) is 0 Å². The predicted molar refractivity (Wildman–Crippen MR) is 110 cm³/mol. The maximum atomic E-state index is 12.8. The predicted octanol–water partition coefficient (Wildman–Crippen LogP) is 3.09. The van der Waals surface area contributed by atoms with Crippen LogP contribution in [0.25, 0.3) is 0 Å². The normalized spacial score (nSPS) is 17.1. The van der Waals surface area contributed by atoms with E-state index in [0.717, 1.165) is 44.0 Å². The maximum absolute atomic E-state index is 12.8. The average molecular weight is 383 g/mol. The van der Waals surface area contributed by atoms with Gasteiger partial charge in [0.25, 0.3) is 0 Å². The number of rotatable bonds is 8. The number of ether oxygens (including phenoxy) is 2. The van der Waals surface area contributed by atoms with E-state index < -0.39 is 6.10 Å². The Kier molecular flexibility index (Phi) is 7.60. The Balaban J connectivity index is 1.61. The smallest absolute Gasteiger partial charge is 0.249 e. The molecule has 0 radical (unpaired) electrons. The Hall–Kier alpha value is -2.21. The van der Waals surface area contributed by atoms with Gasteiger partial charge in [0.05, 0.1) is 25.9 Å². The van der Waals surface area contributed by atoms with E-state index >= 15 is 0 Å². The summed E-state index contributed by atoms with van der Waals surface area (Å²) in [4.78, 5) is 15.1. The van der Waals surface area contributed by atoms with Crippen LogP contribution >= 0.6 is 0 Å². The summed E-state index contributed by atoms with van der Waals surface area (Å²) >= 11 is 0. The van der Waals surface area contributed by atoms with Gasteiger partial charge >= 0.3 is 0 Å². The molecule has 150 valence electrons. The molecule has 0 unspecified atom stereocenters. The van der Waals surface area contributed by atoms with Crippen molar-refractivity contribution in [1.29, 1.82) is 0 Å². The molecule has 2 aromatic carbocycles. The fraction of sp³-hybridized carbons (Fsp3) is 0.435. The van der Waals surface area contributed by atoms with Gasteiger partial charge in [-0.2, -0.15) is 0 Å². The highest BCUT2D eigenvalue weighted by Gasteiger charge is 2.23. The van der Waals surface area contributed by atoms with Gasteiger partial charge in [0.15, 0.2) is 0 Å². The van der Waals surface area contributed by atoms with Crippen molar-refractivity contribution in [2.75, 3.05) is 32.8 Å². The molecule has 1 saturated heterocycles. The second-order valence-corrected chi connectivity index (χ2v) is 7.32. The Labute approximate surface area is 167 Å². The van der Waals surface area contributed by atoms with Crippen LogP contribution in [-0.2, 0) is 20.9 Å². The molecule has 5 nitrogen and oxygen atoms in total. The number of nitrogens with one attached hydrogen (secondary N) is 1. The third-order valence-electron chi connectivity index (χ3n) is 5.05. The van der Waals surface area contributed by atoms with E-state index in [2.05, 4.69) is 41.4 Å². The first-order chi connectivity index (χ1) is 13.6. The van der Waals surface area contributed by atoms with Crippen LogP contribution in [0.15, 0.2) is 54.6 Å². The van der Waals surface area contributed by atoms with Crippen molar-refractivity contribution in [1.82, 2.24) is 10.2 Å². The zero-order valence-electron chi connectivity index (χ0n) is 16.8. The van der Waals surface area contributed by atoms with Crippen molar-refractivity contribution in [3.8, 4) is 0 Å². The summed E-state index contributed by atoms with van der Waals surface area (Å²) in [5.74, 6) is -0.0882. The number of nitrogens with zero attached hydrogens (tertiary/aromatic N) is 1. The topological polar surface area (TPSA) is 50.8 Å². The third kappa shape index (κ3) is 6.16. The molecule has 0 spiro atoms. The van der Waals surface area contributed by atoms with E-state index in [9.17, 15) is 4.79 Å². The number of amides is 1. The maximum Gasteiger partial charge on any atom is 0.249 e. The van der Waals surface area contributed by atoms with Crippen LogP contribution in [0.3, 0.4) is 0 Å². The summed E-state index contributed by atoms with van der Waals surface area (Å²) in [5, 5.41) is 3.19. The van der Waals surface area contributed by atoms with Crippen LogP contribution in [0.1, 0.15) is 29.7 Å². The van der Waals surface area contributed by atoms with Gasteiger partial charge in [-0.05, 0) is 25.0 Å². The molecule has 1 aliphatic rings. The second-order valence-electron chi connectivity index (χ2n) is 7.32. The van der Waals surface area contributed by atoms with E-state index in [0.29, 0.717) is 6.61 Å². The van der Waals surface area contributed by atoms with Crippen LogP contribution in [0.5, 0.6) is 0 Å².